The van der Waals surface area contributed by atoms with Gasteiger partial charge < -0.3 is 14.0 Å². The Balaban J connectivity index is 0.00000162. The molecular formula is C11H12FNaO4S. The summed E-state index contributed by atoms with van der Waals surface area (Å²) in [5, 5.41) is 0. The molecular weight excluding hydrogens is 270 g/mol. The number of halogens is 1. The van der Waals surface area contributed by atoms with E-state index >= 15 is 0 Å². The molecule has 1 atom stereocenters. The van der Waals surface area contributed by atoms with Crippen molar-refractivity contribution in [2.75, 3.05) is 13.2 Å². The Kier molecular flexibility index (Phi) is 6.76. The normalized spacial score (nSPS) is 17.9. The summed E-state index contributed by atoms with van der Waals surface area (Å²) in [6.07, 6.45) is 1.37. The predicted octanol–water partition coefficient (Wildman–Crippen LogP) is -1.37. The smallest absolute Gasteiger partial charge is 0.768 e. The first-order valence-electron chi connectivity index (χ1n) is 5.30. The van der Waals surface area contributed by atoms with Crippen LogP contribution in [0.3, 0.4) is 0 Å². The second-order valence-corrected chi connectivity index (χ2v) is 4.70. The zero-order valence-electron chi connectivity index (χ0n) is 10.1. The largest absolute Gasteiger partial charge is 1.00 e. The van der Waals surface area contributed by atoms with Gasteiger partial charge in [0.15, 0.2) is 11.6 Å². The Morgan fingerprint density at radius 1 is 1.39 bits per heavy atom. The summed E-state index contributed by atoms with van der Waals surface area (Å²) in [6, 6.07) is 3.62. The fourth-order valence-electron chi connectivity index (χ4n) is 1.65. The van der Waals surface area contributed by atoms with Crippen molar-refractivity contribution in [1.29, 1.82) is 0 Å². The summed E-state index contributed by atoms with van der Waals surface area (Å²) in [6.45, 7) is 1.21. The Morgan fingerprint density at radius 2 is 2.06 bits per heavy atom. The molecule has 0 bridgehead atoms. The number of hydrogen-bond acceptors (Lipinski definition) is 4. The first-order valence-corrected chi connectivity index (χ1v) is 6.37. The van der Waals surface area contributed by atoms with Gasteiger partial charge >= 0.3 is 29.6 Å². The number of hydrogen-bond donors (Lipinski definition) is 0. The molecule has 0 N–H and O–H groups in total. The molecule has 1 unspecified atom stereocenters. The van der Waals surface area contributed by atoms with Gasteiger partial charge in [-0.25, -0.2) is 4.39 Å². The van der Waals surface area contributed by atoms with Gasteiger partial charge in [-0.05, 0) is 29.3 Å². The van der Waals surface area contributed by atoms with Crippen LogP contribution in [0.15, 0.2) is 23.1 Å². The third-order valence-electron chi connectivity index (χ3n) is 2.56. The quantitative estimate of drug-likeness (QED) is 0.507. The monoisotopic (exact) mass is 282 g/mol. The first kappa shape index (κ1) is 16.1. The molecule has 1 saturated heterocycles. The number of rotatable bonds is 3. The van der Waals surface area contributed by atoms with Gasteiger partial charge in [0.2, 0.25) is 0 Å². The molecule has 1 heterocycles. The molecule has 0 saturated carbocycles. The zero-order valence-corrected chi connectivity index (χ0v) is 12.9. The molecule has 0 amide bonds. The van der Waals surface area contributed by atoms with E-state index in [1.54, 1.807) is 0 Å². The summed E-state index contributed by atoms with van der Waals surface area (Å²) < 4.78 is 45.4. The van der Waals surface area contributed by atoms with Crippen LogP contribution < -0.4 is 34.3 Å². The van der Waals surface area contributed by atoms with Gasteiger partial charge in [-0.1, -0.05) is 0 Å². The van der Waals surface area contributed by atoms with E-state index in [0.29, 0.717) is 26.1 Å². The maximum Gasteiger partial charge on any atom is 1.00 e. The van der Waals surface area contributed by atoms with E-state index in [-0.39, 0.29) is 46.3 Å². The second kappa shape index (κ2) is 7.57. The average molecular weight is 282 g/mol. The molecule has 1 aliphatic heterocycles. The summed E-state index contributed by atoms with van der Waals surface area (Å²) >= 11 is -2.42. The molecule has 2 rings (SSSR count). The number of benzene rings is 1. The van der Waals surface area contributed by atoms with Crippen LogP contribution in [-0.4, -0.2) is 28.1 Å². The van der Waals surface area contributed by atoms with Gasteiger partial charge in [-0.2, -0.15) is 0 Å². The van der Waals surface area contributed by atoms with Gasteiger partial charge in [0.25, 0.3) is 0 Å². The molecule has 1 fully saturated rings. The Hall–Kier alpha value is 0.0200. The summed E-state index contributed by atoms with van der Waals surface area (Å²) in [4.78, 5) is -0.0816. The Labute approximate surface area is 129 Å². The molecule has 1 aromatic rings. The van der Waals surface area contributed by atoms with Gasteiger partial charge in [-0.15, -0.1) is 0 Å². The zero-order chi connectivity index (χ0) is 12.3. The van der Waals surface area contributed by atoms with Crippen molar-refractivity contribution in [3.8, 4) is 5.75 Å². The third kappa shape index (κ3) is 4.29. The SMILES string of the molecule is O=S([O-])c1ccc(OC2CCOCC2)c(F)c1.[Na+]. The summed E-state index contributed by atoms with van der Waals surface area (Å²) in [5.41, 5.74) is 0. The Morgan fingerprint density at radius 3 is 2.61 bits per heavy atom. The van der Waals surface area contributed by atoms with Gasteiger partial charge in [-0.3, -0.25) is 4.21 Å². The van der Waals surface area contributed by atoms with E-state index < -0.39 is 16.9 Å². The minimum atomic E-state index is -2.42. The fourth-order valence-corrected chi connectivity index (χ4v) is 2.03. The molecule has 0 aromatic heterocycles. The topological polar surface area (TPSA) is 58.6 Å². The van der Waals surface area contributed by atoms with Crippen molar-refractivity contribution < 1.29 is 52.2 Å². The Bertz CT molecular complexity index is 424. The molecule has 0 radical (unpaired) electrons. The summed E-state index contributed by atoms with van der Waals surface area (Å²) in [7, 11) is 0. The third-order valence-corrected chi connectivity index (χ3v) is 3.20. The van der Waals surface area contributed by atoms with Crippen LogP contribution >= 0.6 is 0 Å². The molecule has 1 aromatic carbocycles. The van der Waals surface area contributed by atoms with Crippen molar-refractivity contribution >= 4 is 11.1 Å². The van der Waals surface area contributed by atoms with Crippen molar-refractivity contribution in [3.63, 3.8) is 0 Å². The van der Waals surface area contributed by atoms with Crippen LogP contribution in [0.1, 0.15) is 12.8 Å². The number of ether oxygens (including phenoxy) is 2. The van der Waals surface area contributed by atoms with E-state index in [1.807, 2.05) is 0 Å². The minimum Gasteiger partial charge on any atom is -0.768 e. The molecule has 94 valence electrons. The van der Waals surface area contributed by atoms with E-state index in [1.165, 1.54) is 12.1 Å². The van der Waals surface area contributed by atoms with Crippen molar-refractivity contribution in [2.24, 2.45) is 0 Å². The molecule has 4 nitrogen and oxygen atoms in total. The molecule has 0 spiro atoms. The standard InChI is InChI=1S/C11H13FO4S.Na/c12-10-7-9(17(13)14)1-2-11(10)16-8-3-5-15-6-4-8;/h1-2,7-8H,3-6H2,(H,13,14);/q;+1/p-1. The maximum atomic E-state index is 13.5. The van der Waals surface area contributed by atoms with E-state index in [4.69, 9.17) is 9.47 Å². The average Bonchev–Trinajstić information content (AvgIpc) is 2.33. The molecule has 18 heavy (non-hydrogen) atoms. The maximum absolute atomic E-state index is 13.5. The van der Waals surface area contributed by atoms with Crippen LogP contribution in [0, 0.1) is 5.82 Å². The van der Waals surface area contributed by atoms with Crippen LogP contribution in [-0.2, 0) is 15.8 Å². The minimum absolute atomic E-state index is 0. The van der Waals surface area contributed by atoms with Crippen molar-refractivity contribution in [1.82, 2.24) is 0 Å². The molecule has 1 aliphatic rings. The predicted molar refractivity (Wildman–Crippen MR) is 58.1 cm³/mol. The van der Waals surface area contributed by atoms with E-state index in [0.717, 1.165) is 6.07 Å². The molecule has 7 heteroatoms. The van der Waals surface area contributed by atoms with Crippen LogP contribution in [0.5, 0.6) is 5.75 Å². The van der Waals surface area contributed by atoms with Gasteiger partial charge in [0, 0.05) is 17.7 Å². The van der Waals surface area contributed by atoms with Gasteiger partial charge in [0.05, 0.1) is 13.2 Å². The van der Waals surface area contributed by atoms with E-state index in [9.17, 15) is 13.2 Å². The van der Waals surface area contributed by atoms with Crippen molar-refractivity contribution in [2.45, 2.75) is 23.8 Å². The van der Waals surface area contributed by atoms with E-state index in [2.05, 4.69) is 0 Å². The fraction of sp³-hybridized carbons (Fsp3) is 0.455. The second-order valence-electron chi connectivity index (χ2n) is 3.76. The van der Waals surface area contributed by atoms with Crippen LogP contribution in [0.25, 0.3) is 0 Å². The van der Waals surface area contributed by atoms with Crippen molar-refractivity contribution in [3.05, 3.63) is 24.0 Å². The first-order chi connectivity index (χ1) is 8.16. The van der Waals surface area contributed by atoms with Crippen LogP contribution in [0.2, 0.25) is 0 Å². The van der Waals surface area contributed by atoms with Gasteiger partial charge in [0.1, 0.15) is 6.10 Å². The summed E-state index contributed by atoms with van der Waals surface area (Å²) in [5.74, 6) is -0.565. The molecule has 0 aliphatic carbocycles. The van der Waals surface area contributed by atoms with Crippen LogP contribution in [0.4, 0.5) is 4.39 Å².